The van der Waals surface area contributed by atoms with Crippen molar-refractivity contribution in [3.05, 3.63) is 0 Å². The van der Waals surface area contributed by atoms with Crippen LogP contribution in [0, 0.1) is 0 Å². The molecule has 0 rings (SSSR count). The summed E-state index contributed by atoms with van der Waals surface area (Å²) in [5, 5.41) is 0. The quantitative estimate of drug-likeness (QED) is 0.489. The zero-order valence-corrected chi connectivity index (χ0v) is 7.82. The molecule has 0 bridgehead atoms. The van der Waals surface area contributed by atoms with Crippen molar-refractivity contribution >= 4 is 6.21 Å². The molecule has 13 heavy (non-hydrogen) atoms. The highest BCUT2D eigenvalue weighted by Crippen LogP contribution is 2.18. The second-order valence-electron chi connectivity index (χ2n) is 3.59. The van der Waals surface area contributed by atoms with E-state index in [1.807, 2.05) is 0 Å². The molecule has 0 saturated heterocycles. The van der Waals surface area contributed by atoms with Crippen molar-refractivity contribution in [2.75, 3.05) is 0 Å². The Morgan fingerprint density at radius 2 is 1.69 bits per heavy atom. The third-order valence-corrected chi connectivity index (χ3v) is 1.26. The number of rotatable bonds is 3. The first-order chi connectivity index (χ1) is 5.60. The number of nitrogens with zero attached hydrogens (tertiary/aromatic N) is 1. The molecule has 0 N–H and O–H groups in total. The standard InChI is InChI=1S/C8H13F4N/c1-6(4-7(2,3)9)13-5-8(10,11)12/h5-6H,4H2,1-3H3. The maximum Gasteiger partial charge on any atom is 0.426 e. The summed E-state index contributed by atoms with van der Waals surface area (Å²) in [6, 6.07) is -0.651. The molecule has 0 aromatic heterocycles. The summed E-state index contributed by atoms with van der Waals surface area (Å²) in [5.41, 5.74) is -1.48. The highest BCUT2D eigenvalue weighted by molar-refractivity contribution is 5.64. The van der Waals surface area contributed by atoms with E-state index in [1.54, 1.807) is 0 Å². The van der Waals surface area contributed by atoms with E-state index in [0.29, 0.717) is 0 Å². The lowest BCUT2D eigenvalue weighted by molar-refractivity contribution is -0.0539. The third kappa shape index (κ3) is 9.30. The number of aliphatic imine (C=N–C) groups is 1. The molecule has 0 aliphatic heterocycles. The van der Waals surface area contributed by atoms with Gasteiger partial charge in [0.1, 0.15) is 11.9 Å². The van der Waals surface area contributed by atoms with Crippen molar-refractivity contribution in [2.24, 2.45) is 4.99 Å². The first-order valence-electron chi connectivity index (χ1n) is 3.90. The summed E-state index contributed by atoms with van der Waals surface area (Å²) in [6.45, 7) is 4.07. The monoisotopic (exact) mass is 199 g/mol. The van der Waals surface area contributed by atoms with Crippen LogP contribution in [0.1, 0.15) is 27.2 Å². The van der Waals surface area contributed by atoms with Crippen molar-refractivity contribution in [3.8, 4) is 0 Å². The Bertz CT molecular complexity index is 178. The van der Waals surface area contributed by atoms with Crippen molar-refractivity contribution in [1.82, 2.24) is 0 Å². The SMILES string of the molecule is CC(CC(C)(C)F)N=CC(F)(F)F. The molecule has 1 unspecified atom stereocenters. The fraction of sp³-hybridized carbons (Fsp3) is 0.875. The Hall–Kier alpha value is -0.610. The van der Waals surface area contributed by atoms with Gasteiger partial charge in [0.05, 0.1) is 6.04 Å². The summed E-state index contributed by atoms with van der Waals surface area (Å²) < 4.78 is 47.7. The van der Waals surface area contributed by atoms with E-state index in [-0.39, 0.29) is 12.6 Å². The number of halogens is 4. The van der Waals surface area contributed by atoms with Gasteiger partial charge >= 0.3 is 6.18 Å². The van der Waals surface area contributed by atoms with Gasteiger partial charge in [-0.2, -0.15) is 13.2 Å². The van der Waals surface area contributed by atoms with Crippen LogP contribution < -0.4 is 0 Å². The molecule has 0 fully saturated rings. The van der Waals surface area contributed by atoms with E-state index in [9.17, 15) is 17.6 Å². The first kappa shape index (κ1) is 12.4. The molecule has 5 heteroatoms. The van der Waals surface area contributed by atoms with Crippen molar-refractivity contribution in [2.45, 2.75) is 45.1 Å². The molecule has 0 aromatic rings. The maximum atomic E-state index is 12.9. The fourth-order valence-corrected chi connectivity index (χ4v) is 0.967. The zero-order chi connectivity index (χ0) is 10.7. The van der Waals surface area contributed by atoms with Crippen LogP contribution in [0.2, 0.25) is 0 Å². The van der Waals surface area contributed by atoms with Crippen LogP contribution in [0.3, 0.4) is 0 Å². The predicted molar refractivity (Wildman–Crippen MR) is 43.8 cm³/mol. The molecule has 0 aliphatic carbocycles. The highest BCUT2D eigenvalue weighted by atomic mass is 19.4. The number of hydrogen-bond acceptors (Lipinski definition) is 1. The summed E-state index contributed by atoms with van der Waals surface area (Å²) in [5.74, 6) is 0. The van der Waals surface area contributed by atoms with Gasteiger partial charge in [-0.05, 0) is 20.8 Å². The van der Waals surface area contributed by atoms with Gasteiger partial charge in [0.25, 0.3) is 0 Å². The van der Waals surface area contributed by atoms with Crippen LogP contribution in [-0.2, 0) is 0 Å². The average Bonchev–Trinajstić information content (AvgIpc) is 1.78. The molecular formula is C8H13F4N. The van der Waals surface area contributed by atoms with Crippen LogP contribution in [0.15, 0.2) is 4.99 Å². The number of alkyl halides is 4. The molecule has 1 atom stereocenters. The van der Waals surface area contributed by atoms with Crippen LogP contribution in [0.4, 0.5) is 17.6 Å². The molecule has 0 radical (unpaired) electrons. The van der Waals surface area contributed by atoms with Crippen molar-refractivity contribution in [1.29, 1.82) is 0 Å². The van der Waals surface area contributed by atoms with Gasteiger partial charge in [-0.25, -0.2) is 4.39 Å². The van der Waals surface area contributed by atoms with Crippen LogP contribution in [0.5, 0.6) is 0 Å². The molecule has 0 spiro atoms. The molecule has 0 aliphatic rings. The van der Waals surface area contributed by atoms with E-state index < -0.39 is 17.9 Å². The van der Waals surface area contributed by atoms with Gasteiger partial charge in [0, 0.05) is 6.42 Å². The Balaban J connectivity index is 4.02. The largest absolute Gasteiger partial charge is 0.426 e. The normalized spacial score (nSPS) is 16.5. The molecule has 0 heterocycles. The molecular weight excluding hydrogens is 186 g/mol. The molecule has 78 valence electrons. The zero-order valence-electron chi connectivity index (χ0n) is 7.82. The lowest BCUT2D eigenvalue weighted by atomic mass is 10.0. The van der Waals surface area contributed by atoms with E-state index in [0.717, 1.165) is 0 Å². The van der Waals surface area contributed by atoms with E-state index in [2.05, 4.69) is 4.99 Å². The first-order valence-corrected chi connectivity index (χ1v) is 3.90. The average molecular weight is 199 g/mol. The summed E-state index contributed by atoms with van der Waals surface area (Å²) >= 11 is 0. The minimum Gasteiger partial charge on any atom is -0.285 e. The van der Waals surface area contributed by atoms with E-state index in [4.69, 9.17) is 0 Å². The third-order valence-electron chi connectivity index (χ3n) is 1.26. The Kier molecular flexibility index (Phi) is 3.88. The minimum absolute atomic E-state index is 0.0143. The van der Waals surface area contributed by atoms with E-state index >= 15 is 0 Å². The minimum atomic E-state index is -4.41. The summed E-state index contributed by atoms with van der Waals surface area (Å²) in [7, 11) is 0. The predicted octanol–water partition coefficient (Wildman–Crippen LogP) is 3.15. The fourth-order valence-electron chi connectivity index (χ4n) is 0.967. The van der Waals surface area contributed by atoms with Crippen molar-refractivity contribution in [3.63, 3.8) is 0 Å². The second-order valence-corrected chi connectivity index (χ2v) is 3.59. The smallest absolute Gasteiger partial charge is 0.285 e. The molecule has 0 saturated carbocycles. The molecule has 0 amide bonds. The van der Waals surface area contributed by atoms with Crippen LogP contribution in [0.25, 0.3) is 0 Å². The van der Waals surface area contributed by atoms with Gasteiger partial charge in [0.15, 0.2) is 0 Å². The van der Waals surface area contributed by atoms with Gasteiger partial charge in [0.2, 0.25) is 0 Å². The Labute approximate surface area is 74.9 Å². The second kappa shape index (κ2) is 4.07. The Morgan fingerprint density at radius 3 is 2.00 bits per heavy atom. The van der Waals surface area contributed by atoms with Gasteiger partial charge in [-0.3, -0.25) is 4.99 Å². The summed E-state index contributed by atoms with van der Waals surface area (Å²) in [6.07, 6.45) is -4.52. The molecule has 0 aromatic carbocycles. The lowest BCUT2D eigenvalue weighted by Crippen LogP contribution is -2.20. The van der Waals surface area contributed by atoms with Gasteiger partial charge in [-0.1, -0.05) is 0 Å². The molecule has 1 nitrogen and oxygen atoms in total. The van der Waals surface area contributed by atoms with Gasteiger partial charge < -0.3 is 0 Å². The van der Waals surface area contributed by atoms with Gasteiger partial charge in [-0.15, -0.1) is 0 Å². The Morgan fingerprint density at radius 1 is 1.23 bits per heavy atom. The van der Waals surface area contributed by atoms with Crippen LogP contribution >= 0.6 is 0 Å². The summed E-state index contributed by atoms with van der Waals surface area (Å²) in [4.78, 5) is 3.19. The van der Waals surface area contributed by atoms with Crippen LogP contribution in [-0.4, -0.2) is 24.1 Å². The van der Waals surface area contributed by atoms with Crippen molar-refractivity contribution < 1.29 is 17.6 Å². The maximum absolute atomic E-state index is 12.9. The lowest BCUT2D eigenvalue weighted by Gasteiger charge is -2.16. The van der Waals surface area contributed by atoms with E-state index in [1.165, 1.54) is 20.8 Å². The highest BCUT2D eigenvalue weighted by Gasteiger charge is 2.25. The number of hydrogen-bond donors (Lipinski definition) is 0. The topological polar surface area (TPSA) is 12.4 Å².